The van der Waals surface area contributed by atoms with Crippen molar-refractivity contribution in [3.63, 3.8) is 0 Å². The van der Waals surface area contributed by atoms with Crippen LogP contribution in [-0.2, 0) is 14.8 Å². The van der Waals surface area contributed by atoms with Crippen LogP contribution in [0, 0.1) is 5.92 Å². The van der Waals surface area contributed by atoms with E-state index in [1.807, 2.05) is 0 Å². The average Bonchev–Trinajstić information content (AvgIpc) is 3.66. The number of benzene rings is 2. The van der Waals surface area contributed by atoms with Crippen molar-refractivity contribution in [3.05, 3.63) is 48.0 Å². The van der Waals surface area contributed by atoms with E-state index in [-0.39, 0.29) is 22.6 Å². The minimum Gasteiger partial charge on any atom is -0.371 e. The van der Waals surface area contributed by atoms with Crippen molar-refractivity contribution >= 4 is 38.9 Å². The van der Waals surface area contributed by atoms with Crippen molar-refractivity contribution < 1.29 is 18.0 Å². The maximum absolute atomic E-state index is 13.3. The first-order valence-corrected chi connectivity index (χ1v) is 12.7. The summed E-state index contributed by atoms with van der Waals surface area (Å²) in [6.07, 6.45) is 5.08. The van der Waals surface area contributed by atoms with Crippen molar-refractivity contribution in [1.82, 2.24) is 4.31 Å². The lowest BCUT2D eigenvalue weighted by Crippen LogP contribution is -2.32. The van der Waals surface area contributed by atoms with Gasteiger partial charge in [0.15, 0.2) is 0 Å². The number of nitrogens with zero attached hydrogens (tertiary/aromatic N) is 2. The van der Waals surface area contributed by atoms with E-state index in [1.165, 1.54) is 20.2 Å². The molecule has 2 amide bonds. The molecule has 176 valence electrons. The average molecular weight is 471 g/mol. The lowest BCUT2D eigenvalue weighted by Gasteiger charge is -2.30. The van der Waals surface area contributed by atoms with E-state index in [1.54, 1.807) is 36.4 Å². The van der Waals surface area contributed by atoms with Gasteiger partial charge in [0.25, 0.3) is 5.91 Å². The zero-order valence-electron chi connectivity index (χ0n) is 19.0. The molecule has 0 bridgehead atoms. The smallest absolute Gasteiger partial charge is 0.257 e. The van der Waals surface area contributed by atoms with Crippen LogP contribution in [0.15, 0.2) is 47.4 Å². The number of anilines is 3. The first kappa shape index (κ1) is 23.3. The zero-order valence-corrected chi connectivity index (χ0v) is 19.8. The Balaban J connectivity index is 1.58. The third-order valence-electron chi connectivity index (χ3n) is 6.05. The topological polar surface area (TPSA) is 98.8 Å². The number of piperidine rings is 1. The second-order valence-corrected chi connectivity index (χ2v) is 11.0. The SMILES string of the molecule is CN(C)S(=O)(=O)c1ccc(N2CCCCC2)c(C(=O)Nc2ccc(NC(=O)C3CC3)cc2)c1. The van der Waals surface area contributed by atoms with Gasteiger partial charge in [-0.05, 0) is 74.6 Å². The summed E-state index contributed by atoms with van der Waals surface area (Å²) in [5, 5.41) is 5.75. The summed E-state index contributed by atoms with van der Waals surface area (Å²) in [7, 11) is -0.739. The number of sulfonamides is 1. The molecule has 0 atom stereocenters. The van der Waals surface area contributed by atoms with Gasteiger partial charge in [-0.1, -0.05) is 0 Å². The Bertz CT molecular complexity index is 1140. The van der Waals surface area contributed by atoms with Crippen LogP contribution < -0.4 is 15.5 Å². The van der Waals surface area contributed by atoms with Gasteiger partial charge in [-0.15, -0.1) is 0 Å². The van der Waals surface area contributed by atoms with Crippen LogP contribution in [0.1, 0.15) is 42.5 Å². The third-order valence-corrected chi connectivity index (χ3v) is 7.86. The minimum atomic E-state index is -3.68. The van der Waals surface area contributed by atoms with E-state index in [0.717, 1.165) is 55.2 Å². The summed E-state index contributed by atoms with van der Waals surface area (Å²) in [6.45, 7) is 1.66. The van der Waals surface area contributed by atoms with E-state index in [0.29, 0.717) is 16.9 Å². The predicted octanol–water partition coefficient (Wildman–Crippen LogP) is 3.53. The van der Waals surface area contributed by atoms with Crippen LogP contribution in [-0.4, -0.2) is 51.7 Å². The van der Waals surface area contributed by atoms with Gasteiger partial charge < -0.3 is 15.5 Å². The van der Waals surface area contributed by atoms with Crippen molar-refractivity contribution in [2.24, 2.45) is 5.92 Å². The molecular formula is C24H30N4O4S. The predicted molar refractivity (Wildman–Crippen MR) is 129 cm³/mol. The Hall–Kier alpha value is -2.91. The molecule has 2 fully saturated rings. The van der Waals surface area contributed by atoms with Gasteiger partial charge >= 0.3 is 0 Å². The van der Waals surface area contributed by atoms with Gasteiger partial charge in [0.05, 0.1) is 10.5 Å². The molecule has 0 spiro atoms. The van der Waals surface area contributed by atoms with Crippen LogP contribution in [0.3, 0.4) is 0 Å². The number of carbonyl (C=O) groups excluding carboxylic acids is 2. The number of nitrogens with one attached hydrogen (secondary N) is 2. The number of hydrogen-bond donors (Lipinski definition) is 2. The van der Waals surface area contributed by atoms with Gasteiger partial charge in [-0.3, -0.25) is 9.59 Å². The molecule has 2 aromatic rings. The normalized spacial score (nSPS) is 16.5. The van der Waals surface area contributed by atoms with E-state index >= 15 is 0 Å². The molecule has 9 heteroatoms. The molecule has 0 aromatic heterocycles. The highest BCUT2D eigenvalue weighted by molar-refractivity contribution is 7.89. The summed E-state index contributed by atoms with van der Waals surface area (Å²) < 4.78 is 26.5. The van der Waals surface area contributed by atoms with Crippen molar-refractivity contribution in [1.29, 1.82) is 0 Å². The second kappa shape index (κ2) is 9.52. The Morgan fingerprint density at radius 2 is 1.52 bits per heavy atom. The van der Waals surface area contributed by atoms with E-state index < -0.39 is 10.0 Å². The number of rotatable bonds is 7. The number of amides is 2. The Kier molecular flexibility index (Phi) is 6.71. The molecule has 2 aromatic carbocycles. The van der Waals surface area contributed by atoms with Gasteiger partial charge in [0, 0.05) is 50.2 Å². The molecular weight excluding hydrogens is 440 g/mol. The van der Waals surface area contributed by atoms with Gasteiger partial charge in [-0.2, -0.15) is 0 Å². The first-order chi connectivity index (χ1) is 15.8. The highest BCUT2D eigenvalue weighted by atomic mass is 32.2. The van der Waals surface area contributed by atoms with Crippen molar-refractivity contribution in [3.8, 4) is 0 Å². The molecule has 2 N–H and O–H groups in total. The second-order valence-electron chi connectivity index (χ2n) is 8.81. The lowest BCUT2D eigenvalue weighted by atomic mass is 10.1. The molecule has 1 aliphatic carbocycles. The molecule has 1 aliphatic heterocycles. The highest BCUT2D eigenvalue weighted by Crippen LogP contribution is 2.31. The summed E-state index contributed by atoms with van der Waals surface area (Å²) >= 11 is 0. The van der Waals surface area contributed by atoms with E-state index in [9.17, 15) is 18.0 Å². The summed E-state index contributed by atoms with van der Waals surface area (Å²) in [5.41, 5.74) is 2.30. The summed E-state index contributed by atoms with van der Waals surface area (Å²) in [4.78, 5) is 27.4. The number of hydrogen-bond acceptors (Lipinski definition) is 5. The molecule has 2 aliphatic rings. The van der Waals surface area contributed by atoms with Crippen LogP contribution in [0.25, 0.3) is 0 Å². The molecule has 1 saturated heterocycles. The fraction of sp³-hybridized carbons (Fsp3) is 0.417. The third kappa shape index (κ3) is 5.36. The fourth-order valence-corrected chi connectivity index (χ4v) is 4.83. The lowest BCUT2D eigenvalue weighted by molar-refractivity contribution is -0.117. The molecule has 1 heterocycles. The van der Waals surface area contributed by atoms with Crippen molar-refractivity contribution in [2.45, 2.75) is 37.0 Å². The van der Waals surface area contributed by atoms with Gasteiger partial charge in [-0.25, -0.2) is 12.7 Å². The van der Waals surface area contributed by atoms with Crippen LogP contribution in [0.5, 0.6) is 0 Å². The van der Waals surface area contributed by atoms with Crippen LogP contribution >= 0.6 is 0 Å². The Morgan fingerprint density at radius 1 is 0.909 bits per heavy atom. The number of carbonyl (C=O) groups is 2. The molecule has 33 heavy (non-hydrogen) atoms. The highest BCUT2D eigenvalue weighted by Gasteiger charge is 2.29. The quantitative estimate of drug-likeness (QED) is 0.645. The monoisotopic (exact) mass is 470 g/mol. The van der Waals surface area contributed by atoms with Gasteiger partial charge in [0.1, 0.15) is 0 Å². The minimum absolute atomic E-state index is 0.0249. The molecule has 4 rings (SSSR count). The first-order valence-electron chi connectivity index (χ1n) is 11.3. The Labute approximate surface area is 195 Å². The van der Waals surface area contributed by atoms with Crippen LogP contribution in [0.4, 0.5) is 17.1 Å². The molecule has 0 unspecified atom stereocenters. The summed E-state index contributed by atoms with van der Waals surface area (Å²) in [6, 6.07) is 11.7. The zero-order chi connectivity index (χ0) is 23.6. The maximum atomic E-state index is 13.3. The largest absolute Gasteiger partial charge is 0.371 e. The van der Waals surface area contributed by atoms with E-state index in [4.69, 9.17) is 0 Å². The van der Waals surface area contributed by atoms with Crippen molar-refractivity contribution in [2.75, 3.05) is 42.7 Å². The van der Waals surface area contributed by atoms with Crippen LogP contribution in [0.2, 0.25) is 0 Å². The Morgan fingerprint density at radius 3 is 2.09 bits per heavy atom. The standard InChI is InChI=1S/C24H30N4O4S/c1-27(2)33(31,32)20-12-13-22(28-14-4-3-5-15-28)21(16-20)24(30)26-19-10-8-18(9-11-19)25-23(29)17-6-7-17/h8-13,16-17H,3-7,14-15H2,1-2H3,(H,25,29)(H,26,30). The fourth-order valence-electron chi connectivity index (χ4n) is 3.90. The van der Waals surface area contributed by atoms with E-state index in [2.05, 4.69) is 15.5 Å². The molecule has 8 nitrogen and oxygen atoms in total. The molecule has 0 radical (unpaired) electrons. The maximum Gasteiger partial charge on any atom is 0.257 e. The molecule has 1 saturated carbocycles. The summed E-state index contributed by atoms with van der Waals surface area (Å²) in [5.74, 6) is -0.235. The van der Waals surface area contributed by atoms with Gasteiger partial charge in [0.2, 0.25) is 15.9 Å².